The van der Waals surface area contributed by atoms with Crippen molar-refractivity contribution in [1.29, 1.82) is 0 Å². The molecule has 1 aliphatic heterocycles. The molecule has 1 saturated heterocycles. The van der Waals surface area contributed by atoms with Crippen LogP contribution < -0.4 is 5.73 Å². The molecule has 0 aromatic carbocycles. The van der Waals surface area contributed by atoms with E-state index in [1.165, 1.54) is 0 Å². The lowest BCUT2D eigenvalue weighted by molar-refractivity contribution is -0.0320. The maximum atomic E-state index is 6.29. The normalized spacial score (nSPS) is 22.4. The van der Waals surface area contributed by atoms with Gasteiger partial charge in [0, 0.05) is 31.7 Å². The fourth-order valence-corrected chi connectivity index (χ4v) is 2.80. The predicted octanol–water partition coefficient (Wildman–Crippen LogP) is 1.44. The second-order valence-electron chi connectivity index (χ2n) is 5.80. The maximum absolute atomic E-state index is 6.29. The standard InChI is InChI=1S/C15H28N4O/c1-4-13(5-2)19-7-6-12(17-19)10-14(16)15-11-18(3)8-9-20-15/h6-7,13-15H,4-5,8-11,16H2,1-3H3. The van der Waals surface area contributed by atoms with Gasteiger partial charge < -0.3 is 15.4 Å². The molecule has 2 unspecified atom stereocenters. The molecule has 0 radical (unpaired) electrons. The summed E-state index contributed by atoms with van der Waals surface area (Å²) >= 11 is 0. The van der Waals surface area contributed by atoms with E-state index in [-0.39, 0.29) is 12.1 Å². The van der Waals surface area contributed by atoms with Crippen molar-refractivity contribution < 1.29 is 4.74 Å². The Labute approximate surface area is 122 Å². The lowest BCUT2D eigenvalue weighted by Gasteiger charge is -2.33. The summed E-state index contributed by atoms with van der Waals surface area (Å²) in [4.78, 5) is 2.27. The van der Waals surface area contributed by atoms with E-state index in [4.69, 9.17) is 10.5 Å². The highest BCUT2D eigenvalue weighted by Gasteiger charge is 2.24. The molecule has 2 heterocycles. The van der Waals surface area contributed by atoms with Crippen LogP contribution in [0, 0.1) is 0 Å². The SMILES string of the molecule is CCC(CC)n1ccc(CC(N)C2CN(C)CCO2)n1. The summed E-state index contributed by atoms with van der Waals surface area (Å²) in [5.41, 5.74) is 7.36. The van der Waals surface area contributed by atoms with Gasteiger partial charge in [0.1, 0.15) is 0 Å². The number of nitrogens with two attached hydrogens (primary N) is 1. The highest BCUT2D eigenvalue weighted by atomic mass is 16.5. The van der Waals surface area contributed by atoms with Crippen molar-refractivity contribution in [2.45, 2.75) is 51.3 Å². The summed E-state index contributed by atoms with van der Waals surface area (Å²) in [6.07, 6.45) is 5.20. The molecule has 0 bridgehead atoms. The monoisotopic (exact) mass is 280 g/mol. The van der Waals surface area contributed by atoms with Gasteiger partial charge in [0.2, 0.25) is 0 Å². The first-order valence-electron chi connectivity index (χ1n) is 7.73. The van der Waals surface area contributed by atoms with E-state index in [0.29, 0.717) is 6.04 Å². The predicted molar refractivity (Wildman–Crippen MR) is 80.8 cm³/mol. The molecule has 1 aliphatic rings. The van der Waals surface area contributed by atoms with E-state index in [1.807, 2.05) is 0 Å². The van der Waals surface area contributed by atoms with Gasteiger partial charge in [0.05, 0.1) is 24.4 Å². The molecule has 0 saturated carbocycles. The van der Waals surface area contributed by atoms with Crippen molar-refractivity contribution in [3.8, 4) is 0 Å². The first kappa shape index (κ1) is 15.5. The minimum absolute atomic E-state index is 0.0165. The van der Waals surface area contributed by atoms with Crippen molar-refractivity contribution >= 4 is 0 Å². The van der Waals surface area contributed by atoms with Crippen LogP contribution in [0.4, 0.5) is 0 Å². The smallest absolute Gasteiger partial charge is 0.0856 e. The average Bonchev–Trinajstić information content (AvgIpc) is 2.88. The van der Waals surface area contributed by atoms with Crippen LogP contribution in [0.15, 0.2) is 12.3 Å². The molecule has 0 spiro atoms. The average molecular weight is 280 g/mol. The lowest BCUT2D eigenvalue weighted by Crippen LogP contribution is -2.50. The van der Waals surface area contributed by atoms with Gasteiger partial charge in [-0.05, 0) is 26.0 Å². The fourth-order valence-electron chi connectivity index (χ4n) is 2.80. The van der Waals surface area contributed by atoms with Gasteiger partial charge in [0.25, 0.3) is 0 Å². The van der Waals surface area contributed by atoms with Gasteiger partial charge >= 0.3 is 0 Å². The van der Waals surface area contributed by atoms with Gasteiger partial charge in [-0.15, -0.1) is 0 Å². The number of morpholine rings is 1. The molecule has 5 nitrogen and oxygen atoms in total. The van der Waals surface area contributed by atoms with Crippen LogP contribution in [0.2, 0.25) is 0 Å². The molecule has 2 rings (SSSR count). The highest BCUT2D eigenvalue weighted by molar-refractivity contribution is 5.03. The molecule has 2 N–H and O–H groups in total. The summed E-state index contributed by atoms with van der Waals surface area (Å²) in [6.45, 7) is 7.08. The zero-order chi connectivity index (χ0) is 14.5. The number of ether oxygens (including phenoxy) is 1. The Bertz CT molecular complexity index is 402. The molecule has 2 atom stereocenters. The summed E-state index contributed by atoms with van der Waals surface area (Å²) in [7, 11) is 2.12. The first-order valence-corrected chi connectivity index (χ1v) is 7.73. The molecular formula is C15H28N4O. The third kappa shape index (κ3) is 3.81. The first-order chi connectivity index (χ1) is 9.63. The second kappa shape index (κ2) is 7.20. The largest absolute Gasteiger partial charge is 0.374 e. The number of aromatic nitrogens is 2. The third-order valence-electron chi connectivity index (χ3n) is 4.20. The topological polar surface area (TPSA) is 56.3 Å². The minimum Gasteiger partial charge on any atom is -0.374 e. The number of hydrogen-bond acceptors (Lipinski definition) is 4. The second-order valence-corrected chi connectivity index (χ2v) is 5.80. The minimum atomic E-state index is 0.0165. The number of likely N-dealkylation sites (N-methyl/N-ethyl adjacent to an activating group) is 1. The summed E-state index contributed by atoms with van der Waals surface area (Å²) in [5, 5.41) is 4.67. The van der Waals surface area contributed by atoms with Gasteiger partial charge in [-0.2, -0.15) is 5.10 Å². The molecule has 1 aromatic heterocycles. The summed E-state index contributed by atoms with van der Waals surface area (Å²) < 4.78 is 7.86. The maximum Gasteiger partial charge on any atom is 0.0856 e. The van der Waals surface area contributed by atoms with Gasteiger partial charge in [0.15, 0.2) is 0 Å². The number of rotatable bonds is 6. The molecule has 114 valence electrons. The molecule has 5 heteroatoms. The van der Waals surface area contributed by atoms with Crippen LogP contribution in [0.25, 0.3) is 0 Å². The van der Waals surface area contributed by atoms with E-state index >= 15 is 0 Å². The van der Waals surface area contributed by atoms with E-state index in [2.05, 4.69) is 47.8 Å². The van der Waals surface area contributed by atoms with E-state index < -0.39 is 0 Å². The molecular weight excluding hydrogens is 252 g/mol. The van der Waals surface area contributed by atoms with Crippen molar-refractivity contribution in [2.75, 3.05) is 26.7 Å². The Morgan fingerprint density at radius 1 is 1.45 bits per heavy atom. The summed E-state index contributed by atoms with van der Waals surface area (Å²) in [5.74, 6) is 0. The quantitative estimate of drug-likeness (QED) is 0.857. The van der Waals surface area contributed by atoms with Crippen LogP contribution in [-0.2, 0) is 11.2 Å². The highest BCUT2D eigenvalue weighted by Crippen LogP contribution is 2.16. The Kier molecular flexibility index (Phi) is 5.57. The van der Waals surface area contributed by atoms with Crippen molar-refractivity contribution in [3.05, 3.63) is 18.0 Å². The molecule has 0 aliphatic carbocycles. The van der Waals surface area contributed by atoms with Crippen LogP contribution in [0.3, 0.4) is 0 Å². The summed E-state index contributed by atoms with van der Waals surface area (Å²) in [6, 6.07) is 2.60. The Morgan fingerprint density at radius 2 is 2.20 bits per heavy atom. The third-order valence-corrected chi connectivity index (χ3v) is 4.20. The molecule has 1 aromatic rings. The Morgan fingerprint density at radius 3 is 2.85 bits per heavy atom. The zero-order valence-corrected chi connectivity index (χ0v) is 13.0. The fraction of sp³-hybridized carbons (Fsp3) is 0.800. The van der Waals surface area contributed by atoms with E-state index in [1.54, 1.807) is 0 Å². The van der Waals surface area contributed by atoms with Gasteiger partial charge in [-0.1, -0.05) is 13.8 Å². The van der Waals surface area contributed by atoms with Gasteiger partial charge in [-0.25, -0.2) is 0 Å². The van der Waals surface area contributed by atoms with Crippen molar-refractivity contribution in [2.24, 2.45) is 5.73 Å². The Hall–Kier alpha value is -0.910. The molecule has 1 fully saturated rings. The van der Waals surface area contributed by atoms with Gasteiger partial charge in [-0.3, -0.25) is 4.68 Å². The Balaban J connectivity index is 1.92. The van der Waals surface area contributed by atoms with E-state index in [9.17, 15) is 0 Å². The van der Waals surface area contributed by atoms with Crippen LogP contribution in [0.1, 0.15) is 38.4 Å². The van der Waals surface area contributed by atoms with E-state index in [0.717, 1.165) is 44.7 Å². The number of hydrogen-bond donors (Lipinski definition) is 1. The van der Waals surface area contributed by atoms with Crippen LogP contribution >= 0.6 is 0 Å². The van der Waals surface area contributed by atoms with Crippen molar-refractivity contribution in [3.63, 3.8) is 0 Å². The molecule has 20 heavy (non-hydrogen) atoms. The van der Waals surface area contributed by atoms with Crippen molar-refractivity contribution in [1.82, 2.24) is 14.7 Å². The molecule has 0 amide bonds. The van der Waals surface area contributed by atoms with Crippen LogP contribution in [0.5, 0.6) is 0 Å². The lowest BCUT2D eigenvalue weighted by atomic mass is 10.1. The van der Waals surface area contributed by atoms with Crippen LogP contribution in [-0.4, -0.2) is 53.6 Å². The zero-order valence-electron chi connectivity index (χ0n) is 13.0. The number of nitrogens with zero attached hydrogens (tertiary/aromatic N) is 3.